The molecular weight excluding hydrogens is 304 g/mol. The number of nitrogens with two attached hydrogens (primary N) is 1. The van der Waals surface area contributed by atoms with Crippen LogP contribution in [0.2, 0.25) is 0 Å². The van der Waals surface area contributed by atoms with E-state index in [4.69, 9.17) is 15.2 Å². The summed E-state index contributed by atoms with van der Waals surface area (Å²) in [5.41, 5.74) is 6.78. The van der Waals surface area contributed by atoms with Gasteiger partial charge < -0.3 is 20.5 Å². The molecule has 0 bridgehead atoms. The number of ether oxygens (including phenoxy) is 2. The molecule has 5 nitrogen and oxygen atoms in total. The van der Waals surface area contributed by atoms with E-state index in [1.807, 2.05) is 18.2 Å². The fraction of sp³-hybridized carbons (Fsp3) is 0.562. The summed E-state index contributed by atoms with van der Waals surface area (Å²) >= 11 is 0. The molecule has 0 saturated carbocycles. The number of hydrogen-bond donors (Lipinski definition) is 2. The lowest BCUT2D eigenvalue weighted by Crippen LogP contribution is -2.44. The van der Waals surface area contributed by atoms with Crippen molar-refractivity contribution < 1.29 is 14.3 Å². The predicted octanol–water partition coefficient (Wildman–Crippen LogP) is 1.87. The van der Waals surface area contributed by atoms with Crippen molar-refractivity contribution in [2.75, 3.05) is 26.9 Å². The number of carbonyl (C=O) groups excluding carboxylic acids is 1. The SMILES string of the molecule is COCC(N)C(=O)NCCOc1ccccc1C(C)(C)C.Cl. The first-order valence-corrected chi connectivity index (χ1v) is 7.11. The minimum absolute atomic E-state index is 0. The van der Waals surface area contributed by atoms with E-state index in [9.17, 15) is 4.79 Å². The first-order chi connectivity index (χ1) is 9.86. The Morgan fingerprint density at radius 3 is 2.55 bits per heavy atom. The monoisotopic (exact) mass is 330 g/mol. The summed E-state index contributed by atoms with van der Waals surface area (Å²) < 4.78 is 10.6. The summed E-state index contributed by atoms with van der Waals surface area (Å²) in [5.74, 6) is 0.616. The van der Waals surface area contributed by atoms with Crippen molar-refractivity contribution in [1.82, 2.24) is 5.32 Å². The Balaban J connectivity index is 0.00000441. The van der Waals surface area contributed by atoms with Crippen LogP contribution in [0.1, 0.15) is 26.3 Å². The number of methoxy groups -OCH3 is 1. The lowest BCUT2D eigenvalue weighted by Gasteiger charge is -2.22. The molecule has 0 radical (unpaired) electrons. The normalized spacial score (nSPS) is 12.2. The van der Waals surface area contributed by atoms with Gasteiger partial charge in [0.1, 0.15) is 18.4 Å². The lowest BCUT2D eigenvalue weighted by molar-refractivity contribution is -0.123. The zero-order valence-corrected chi connectivity index (χ0v) is 14.5. The summed E-state index contributed by atoms with van der Waals surface area (Å²) in [7, 11) is 1.51. The van der Waals surface area contributed by atoms with Gasteiger partial charge in [0.15, 0.2) is 0 Å². The number of hydrogen-bond acceptors (Lipinski definition) is 4. The Bertz CT molecular complexity index is 461. The molecule has 1 atom stereocenters. The Hall–Kier alpha value is -1.30. The van der Waals surface area contributed by atoms with Gasteiger partial charge in [-0.1, -0.05) is 39.0 Å². The van der Waals surface area contributed by atoms with Crippen molar-refractivity contribution in [3.63, 3.8) is 0 Å². The molecule has 22 heavy (non-hydrogen) atoms. The van der Waals surface area contributed by atoms with Gasteiger partial charge in [0.25, 0.3) is 0 Å². The summed E-state index contributed by atoms with van der Waals surface area (Å²) in [6.45, 7) is 7.44. The van der Waals surface area contributed by atoms with Crippen molar-refractivity contribution in [2.45, 2.75) is 32.2 Å². The standard InChI is InChI=1S/C16H26N2O3.ClH/c1-16(2,3)12-7-5-6-8-14(12)21-10-9-18-15(19)13(17)11-20-4;/h5-8,13H,9-11,17H2,1-4H3,(H,18,19);1H. The van der Waals surface area contributed by atoms with E-state index >= 15 is 0 Å². The van der Waals surface area contributed by atoms with E-state index in [-0.39, 0.29) is 30.3 Å². The maximum absolute atomic E-state index is 11.6. The molecule has 0 aliphatic rings. The Morgan fingerprint density at radius 1 is 1.32 bits per heavy atom. The Kier molecular flexibility index (Phi) is 9.09. The third-order valence-electron chi connectivity index (χ3n) is 3.04. The molecule has 1 amide bonds. The molecule has 0 fully saturated rings. The van der Waals surface area contributed by atoms with Crippen LogP contribution in [0.25, 0.3) is 0 Å². The first-order valence-electron chi connectivity index (χ1n) is 7.11. The van der Waals surface area contributed by atoms with Gasteiger partial charge in [-0.15, -0.1) is 12.4 Å². The second-order valence-electron chi connectivity index (χ2n) is 5.95. The topological polar surface area (TPSA) is 73.6 Å². The minimum atomic E-state index is -0.642. The van der Waals surface area contributed by atoms with Crippen LogP contribution < -0.4 is 15.8 Å². The highest BCUT2D eigenvalue weighted by Gasteiger charge is 2.18. The van der Waals surface area contributed by atoms with E-state index in [2.05, 4.69) is 32.2 Å². The number of rotatable bonds is 7. The predicted molar refractivity (Wildman–Crippen MR) is 90.7 cm³/mol. The lowest BCUT2D eigenvalue weighted by atomic mass is 9.86. The van der Waals surface area contributed by atoms with Gasteiger partial charge in [-0.25, -0.2) is 0 Å². The van der Waals surface area contributed by atoms with Gasteiger partial charge in [0, 0.05) is 7.11 Å². The molecule has 1 rings (SSSR count). The maximum atomic E-state index is 11.6. The van der Waals surface area contributed by atoms with Crippen LogP contribution in [0.15, 0.2) is 24.3 Å². The van der Waals surface area contributed by atoms with Gasteiger partial charge >= 0.3 is 0 Å². The quantitative estimate of drug-likeness (QED) is 0.749. The molecule has 0 spiro atoms. The largest absolute Gasteiger partial charge is 0.491 e. The van der Waals surface area contributed by atoms with E-state index in [0.717, 1.165) is 11.3 Å². The highest BCUT2D eigenvalue weighted by atomic mass is 35.5. The van der Waals surface area contributed by atoms with Crippen molar-refractivity contribution in [3.8, 4) is 5.75 Å². The molecular formula is C16H27ClN2O3. The first kappa shape index (κ1) is 20.7. The molecule has 1 unspecified atom stereocenters. The van der Waals surface area contributed by atoms with E-state index in [1.54, 1.807) is 0 Å². The number of benzene rings is 1. The summed E-state index contributed by atoms with van der Waals surface area (Å²) in [6, 6.07) is 7.30. The molecule has 0 heterocycles. The van der Waals surface area contributed by atoms with Crippen LogP contribution in [0.5, 0.6) is 5.75 Å². The van der Waals surface area contributed by atoms with Crippen molar-refractivity contribution in [1.29, 1.82) is 0 Å². The molecule has 6 heteroatoms. The molecule has 3 N–H and O–H groups in total. The molecule has 0 aliphatic heterocycles. The number of para-hydroxylation sites is 1. The molecule has 1 aromatic rings. The summed E-state index contributed by atoms with van der Waals surface area (Å²) in [5, 5.41) is 2.73. The number of halogens is 1. The molecule has 126 valence electrons. The number of amides is 1. The van der Waals surface area contributed by atoms with Crippen LogP contribution in [0.4, 0.5) is 0 Å². The summed E-state index contributed by atoms with van der Waals surface area (Å²) in [6.07, 6.45) is 0. The molecule has 1 aromatic carbocycles. The van der Waals surface area contributed by atoms with Crippen molar-refractivity contribution in [3.05, 3.63) is 29.8 Å². The van der Waals surface area contributed by atoms with Crippen LogP contribution in [0, 0.1) is 0 Å². The van der Waals surface area contributed by atoms with E-state index in [1.165, 1.54) is 7.11 Å². The van der Waals surface area contributed by atoms with E-state index in [0.29, 0.717) is 13.2 Å². The van der Waals surface area contributed by atoms with Gasteiger partial charge in [-0.05, 0) is 17.0 Å². The second kappa shape index (κ2) is 9.66. The Morgan fingerprint density at radius 2 is 1.95 bits per heavy atom. The van der Waals surface area contributed by atoms with Crippen LogP contribution in [-0.4, -0.2) is 38.8 Å². The van der Waals surface area contributed by atoms with E-state index < -0.39 is 6.04 Å². The molecule has 0 saturated heterocycles. The average Bonchev–Trinajstić information content (AvgIpc) is 2.43. The fourth-order valence-electron chi connectivity index (χ4n) is 1.93. The van der Waals surface area contributed by atoms with Gasteiger partial charge in [-0.2, -0.15) is 0 Å². The van der Waals surface area contributed by atoms with Crippen molar-refractivity contribution in [2.24, 2.45) is 5.73 Å². The third-order valence-corrected chi connectivity index (χ3v) is 3.04. The number of nitrogens with one attached hydrogen (secondary N) is 1. The summed E-state index contributed by atoms with van der Waals surface area (Å²) in [4.78, 5) is 11.6. The average molecular weight is 331 g/mol. The Labute approximate surface area is 139 Å². The maximum Gasteiger partial charge on any atom is 0.239 e. The highest BCUT2D eigenvalue weighted by molar-refractivity contribution is 5.85. The minimum Gasteiger partial charge on any atom is -0.491 e. The fourth-order valence-corrected chi connectivity index (χ4v) is 1.93. The van der Waals surface area contributed by atoms with Gasteiger partial charge in [-0.3, -0.25) is 4.79 Å². The van der Waals surface area contributed by atoms with Crippen molar-refractivity contribution >= 4 is 18.3 Å². The van der Waals surface area contributed by atoms with Gasteiger partial charge in [0.2, 0.25) is 5.91 Å². The molecule has 0 aromatic heterocycles. The van der Waals surface area contributed by atoms with Crippen LogP contribution in [-0.2, 0) is 14.9 Å². The smallest absolute Gasteiger partial charge is 0.239 e. The second-order valence-corrected chi connectivity index (χ2v) is 5.95. The third kappa shape index (κ3) is 6.64. The highest BCUT2D eigenvalue weighted by Crippen LogP contribution is 2.30. The van der Waals surface area contributed by atoms with Gasteiger partial charge in [0.05, 0.1) is 13.2 Å². The molecule has 0 aliphatic carbocycles. The number of carbonyl (C=O) groups is 1. The zero-order valence-electron chi connectivity index (χ0n) is 13.7. The van der Waals surface area contributed by atoms with Crippen LogP contribution >= 0.6 is 12.4 Å². The zero-order chi connectivity index (χ0) is 15.9. The van der Waals surface area contributed by atoms with Crippen LogP contribution in [0.3, 0.4) is 0 Å².